The van der Waals surface area contributed by atoms with Crippen molar-refractivity contribution >= 4 is 17.6 Å². The van der Waals surface area contributed by atoms with Gasteiger partial charge in [-0.05, 0) is 18.6 Å². The van der Waals surface area contributed by atoms with Crippen molar-refractivity contribution in [1.29, 1.82) is 0 Å². The number of anilines is 1. The van der Waals surface area contributed by atoms with Crippen LogP contribution in [-0.2, 0) is 4.74 Å². The van der Waals surface area contributed by atoms with Gasteiger partial charge >= 0.3 is 6.03 Å². The highest BCUT2D eigenvalue weighted by Gasteiger charge is 2.37. The first-order valence-corrected chi connectivity index (χ1v) is 7.40. The lowest BCUT2D eigenvalue weighted by Gasteiger charge is -2.43. The number of ether oxygens (including phenoxy) is 1. The molecule has 0 aliphatic carbocycles. The molecule has 0 radical (unpaired) electrons. The molecule has 7 nitrogen and oxygen atoms in total. The van der Waals surface area contributed by atoms with Crippen LogP contribution in [0.4, 0.5) is 10.7 Å². The van der Waals surface area contributed by atoms with Gasteiger partial charge < -0.3 is 9.64 Å². The standard InChI is InChI=1S/C15H21N5O2/c1-15(2)10-19(9-7-11(15)22-3)14(21)16-13-18-17-12-6-4-5-8-20(12)13/h4-6,8,11H,7,9-10H2,1-3H3,(H,16,18,21). The molecule has 1 saturated heterocycles. The monoisotopic (exact) mass is 303 g/mol. The summed E-state index contributed by atoms with van der Waals surface area (Å²) >= 11 is 0. The molecule has 2 amide bonds. The Morgan fingerprint density at radius 3 is 2.95 bits per heavy atom. The van der Waals surface area contributed by atoms with Crippen LogP contribution in [-0.4, -0.2) is 51.8 Å². The van der Waals surface area contributed by atoms with E-state index in [-0.39, 0.29) is 17.6 Å². The number of hydrogen-bond donors (Lipinski definition) is 1. The van der Waals surface area contributed by atoms with Gasteiger partial charge in [-0.25, -0.2) is 4.79 Å². The van der Waals surface area contributed by atoms with Gasteiger partial charge in [0.05, 0.1) is 6.10 Å². The molecule has 0 bridgehead atoms. The van der Waals surface area contributed by atoms with E-state index in [9.17, 15) is 4.79 Å². The fourth-order valence-corrected chi connectivity index (χ4v) is 3.05. The highest BCUT2D eigenvalue weighted by atomic mass is 16.5. The molecule has 7 heteroatoms. The van der Waals surface area contributed by atoms with Crippen molar-refractivity contribution in [3.05, 3.63) is 24.4 Å². The Labute approximate surface area is 129 Å². The number of aromatic nitrogens is 3. The number of methoxy groups -OCH3 is 1. The average molecular weight is 303 g/mol. The predicted octanol–water partition coefficient (Wildman–Crippen LogP) is 2.01. The quantitative estimate of drug-likeness (QED) is 0.921. The van der Waals surface area contributed by atoms with Gasteiger partial charge in [0.1, 0.15) is 0 Å². The van der Waals surface area contributed by atoms with Crippen molar-refractivity contribution in [2.24, 2.45) is 5.41 Å². The molecule has 1 atom stereocenters. The number of piperidine rings is 1. The Balaban J connectivity index is 1.73. The molecule has 1 aliphatic rings. The van der Waals surface area contributed by atoms with Crippen LogP contribution in [0.25, 0.3) is 5.65 Å². The van der Waals surface area contributed by atoms with Crippen molar-refractivity contribution in [3.8, 4) is 0 Å². The molecule has 0 saturated carbocycles. The highest BCUT2D eigenvalue weighted by molar-refractivity contribution is 5.88. The first kappa shape index (κ1) is 14.8. The number of amides is 2. The van der Waals surface area contributed by atoms with E-state index in [4.69, 9.17) is 4.74 Å². The summed E-state index contributed by atoms with van der Waals surface area (Å²) in [5, 5.41) is 10.9. The lowest BCUT2D eigenvalue weighted by Crippen LogP contribution is -2.52. The van der Waals surface area contributed by atoms with E-state index >= 15 is 0 Å². The van der Waals surface area contributed by atoms with Crippen LogP contribution in [0, 0.1) is 5.41 Å². The van der Waals surface area contributed by atoms with E-state index in [1.54, 1.807) is 16.4 Å². The summed E-state index contributed by atoms with van der Waals surface area (Å²) in [6, 6.07) is 5.45. The zero-order chi connectivity index (χ0) is 15.7. The van der Waals surface area contributed by atoms with Gasteiger partial charge in [0.2, 0.25) is 5.95 Å². The number of carbonyl (C=O) groups is 1. The molecule has 3 heterocycles. The molecule has 0 spiro atoms. The first-order valence-electron chi connectivity index (χ1n) is 7.40. The second-order valence-electron chi connectivity index (χ2n) is 6.31. The minimum Gasteiger partial charge on any atom is -0.381 e. The number of likely N-dealkylation sites (tertiary alicyclic amines) is 1. The third-order valence-electron chi connectivity index (χ3n) is 4.24. The van der Waals surface area contributed by atoms with Gasteiger partial charge in [0.25, 0.3) is 0 Å². The smallest absolute Gasteiger partial charge is 0.324 e. The lowest BCUT2D eigenvalue weighted by atomic mass is 9.81. The maximum Gasteiger partial charge on any atom is 0.324 e. The maximum atomic E-state index is 12.5. The SMILES string of the molecule is COC1CCN(C(=O)Nc2nnc3ccccn23)CC1(C)C. The molecule has 2 aromatic heterocycles. The van der Waals surface area contributed by atoms with E-state index in [1.807, 2.05) is 24.4 Å². The average Bonchev–Trinajstić information content (AvgIpc) is 2.89. The third kappa shape index (κ3) is 2.64. The third-order valence-corrected chi connectivity index (χ3v) is 4.24. The second kappa shape index (κ2) is 5.57. The van der Waals surface area contributed by atoms with Crippen LogP contribution in [0.15, 0.2) is 24.4 Å². The van der Waals surface area contributed by atoms with Crippen molar-refractivity contribution in [2.45, 2.75) is 26.4 Å². The molecule has 0 aromatic carbocycles. The Morgan fingerprint density at radius 2 is 2.23 bits per heavy atom. The summed E-state index contributed by atoms with van der Waals surface area (Å²) in [5.41, 5.74) is 0.633. The van der Waals surface area contributed by atoms with Crippen LogP contribution in [0.3, 0.4) is 0 Å². The number of nitrogens with zero attached hydrogens (tertiary/aromatic N) is 4. The van der Waals surface area contributed by atoms with Gasteiger partial charge in [-0.15, -0.1) is 10.2 Å². The minimum absolute atomic E-state index is 0.0722. The Hall–Kier alpha value is -2.15. The van der Waals surface area contributed by atoms with Gasteiger partial charge in [0.15, 0.2) is 5.65 Å². The number of pyridine rings is 1. The number of nitrogens with one attached hydrogen (secondary N) is 1. The van der Waals surface area contributed by atoms with Crippen LogP contribution in [0.5, 0.6) is 0 Å². The zero-order valence-corrected chi connectivity index (χ0v) is 13.1. The number of carbonyl (C=O) groups excluding carboxylic acids is 1. The predicted molar refractivity (Wildman–Crippen MR) is 82.8 cm³/mol. The van der Waals surface area contributed by atoms with Crippen molar-refractivity contribution in [1.82, 2.24) is 19.5 Å². The van der Waals surface area contributed by atoms with Crippen LogP contribution in [0.1, 0.15) is 20.3 Å². The molecule has 1 aliphatic heterocycles. The highest BCUT2D eigenvalue weighted by Crippen LogP contribution is 2.31. The first-order chi connectivity index (χ1) is 10.5. The number of hydrogen-bond acceptors (Lipinski definition) is 4. The van der Waals surface area contributed by atoms with Crippen molar-refractivity contribution in [3.63, 3.8) is 0 Å². The summed E-state index contributed by atoms with van der Waals surface area (Å²) < 4.78 is 7.27. The second-order valence-corrected chi connectivity index (χ2v) is 6.31. The Morgan fingerprint density at radius 1 is 1.41 bits per heavy atom. The summed E-state index contributed by atoms with van der Waals surface area (Å²) in [6.45, 7) is 5.55. The number of fused-ring (bicyclic) bond motifs is 1. The van der Waals surface area contributed by atoms with E-state index in [0.29, 0.717) is 24.7 Å². The Kier molecular flexibility index (Phi) is 3.74. The summed E-state index contributed by atoms with van der Waals surface area (Å²) in [4.78, 5) is 14.3. The van der Waals surface area contributed by atoms with Gasteiger partial charge in [-0.3, -0.25) is 9.72 Å². The number of urea groups is 1. The van der Waals surface area contributed by atoms with Gasteiger partial charge in [-0.2, -0.15) is 0 Å². The minimum atomic E-state index is -0.152. The largest absolute Gasteiger partial charge is 0.381 e. The molecular formula is C15H21N5O2. The molecule has 22 heavy (non-hydrogen) atoms. The fourth-order valence-electron chi connectivity index (χ4n) is 3.05. The summed E-state index contributed by atoms with van der Waals surface area (Å²) in [5.74, 6) is 0.437. The van der Waals surface area contributed by atoms with E-state index in [0.717, 1.165) is 6.42 Å². The Bertz CT molecular complexity index is 681. The molecule has 1 N–H and O–H groups in total. The summed E-state index contributed by atoms with van der Waals surface area (Å²) in [6.07, 6.45) is 2.83. The fraction of sp³-hybridized carbons (Fsp3) is 0.533. The van der Waals surface area contributed by atoms with Crippen molar-refractivity contribution in [2.75, 3.05) is 25.5 Å². The molecule has 1 fully saturated rings. The molecule has 2 aromatic rings. The molecule has 1 unspecified atom stereocenters. The zero-order valence-electron chi connectivity index (χ0n) is 13.1. The molecular weight excluding hydrogens is 282 g/mol. The van der Waals surface area contributed by atoms with Crippen LogP contribution in [0.2, 0.25) is 0 Å². The lowest BCUT2D eigenvalue weighted by molar-refractivity contribution is -0.0394. The van der Waals surface area contributed by atoms with Crippen molar-refractivity contribution < 1.29 is 9.53 Å². The van der Waals surface area contributed by atoms with Gasteiger partial charge in [0, 0.05) is 31.8 Å². The van der Waals surface area contributed by atoms with Crippen LogP contribution < -0.4 is 5.32 Å². The van der Waals surface area contributed by atoms with Crippen LogP contribution >= 0.6 is 0 Å². The van der Waals surface area contributed by atoms with Gasteiger partial charge in [-0.1, -0.05) is 19.9 Å². The molecule has 3 rings (SSSR count). The van der Waals surface area contributed by atoms with E-state index in [2.05, 4.69) is 29.4 Å². The molecule has 118 valence electrons. The summed E-state index contributed by atoms with van der Waals surface area (Å²) in [7, 11) is 1.73. The normalized spacial score (nSPS) is 21.0. The number of rotatable bonds is 2. The van der Waals surface area contributed by atoms with E-state index in [1.165, 1.54) is 0 Å². The topological polar surface area (TPSA) is 71.8 Å². The maximum absolute atomic E-state index is 12.5. The van der Waals surface area contributed by atoms with E-state index < -0.39 is 0 Å².